The van der Waals surface area contributed by atoms with Crippen LogP contribution in [0.25, 0.3) is 0 Å². The lowest BCUT2D eigenvalue weighted by atomic mass is 10.2. The van der Waals surface area contributed by atoms with Crippen molar-refractivity contribution in [3.05, 3.63) is 6.33 Å². The molecule has 1 heterocycles. The van der Waals surface area contributed by atoms with Crippen LogP contribution in [0.2, 0.25) is 0 Å². The number of nitrogens with one attached hydrogen (secondary N) is 2. The zero-order valence-corrected chi connectivity index (χ0v) is 8.61. The van der Waals surface area contributed by atoms with Gasteiger partial charge >= 0.3 is 0 Å². The maximum Gasteiger partial charge on any atom is 0.230 e. The normalized spacial score (nSPS) is 12.5. The van der Waals surface area contributed by atoms with Crippen LogP contribution in [0.15, 0.2) is 6.33 Å². The summed E-state index contributed by atoms with van der Waals surface area (Å²) in [7, 11) is 3.54. The Balaban J connectivity index is 2.53. The minimum atomic E-state index is -0.0864. The summed E-state index contributed by atoms with van der Waals surface area (Å²) >= 11 is 0. The van der Waals surface area contributed by atoms with Gasteiger partial charge in [0, 0.05) is 19.5 Å². The third kappa shape index (κ3) is 2.53. The molecule has 1 aromatic heterocycles. The number of nitrogens with zero attached hydrogens (tertiary/aromatic N) is 3. The van der Waals surface area contributed by atoms with Crippen LogP contribution in [0.3, 0.4) is 0 Å². The Morgan fingerprint density at radius 3 is 2.93 bits per heavy atom. The SMILES string of the molecule is CNCC(C)C(=O)Nc1ncnn1C. The highest BCUT2D eigenvalue weighted by atomic mass is 16.2. The molecule has 0 radical (unpaired) electrons. The largest absolute Gasteiger partial charge is 0.319 e. The van der Waals surface area contributed by atoms with Crippen molar-refractivity contribution in [1.29, 1.82) is 0 Å². The Morgan fingerprint density at radius 1 is 1.71 bits per heavy atom. The number of carbonyl (C=O) groups excluding carboxylic acids is 1. The molecule has 14 heavy (non-hydrogen) atoms. The monoisotopic (exact) mass is 197 g/mol. The maximum absolute atomic E-state index is 11.5. The summed E-state index contributed by atoms with van der Waals surface area (Å²) in [5, 5.41) is 9.47. The quantitative estimate of drug-likeness (QED) is 0.689. The predicted molar refractivity (Wildman–Crippen MR) is 52.7 cm³/mol. The average Bonchev–Trinajstić information content (AvgIpc) is 2.52. The summed E-state index contributed by atoms with van der Waals surface area (Å²) in [5.41, 5.74) is 0. The molecule has 0 saturated heterocycles. The molecule has 1 rings (SSSR count). The van der Waals surface area contributed by atoms with Crippen LogP contribution in [0.4, 0.5) is 5.95 Å². The van der Waals surface area contributed by atoms with E-state index in [1.165, 1.54) is 11.0 Å². The van der Waals surface area contributed by atoms with Crippen molar-refractivity contribution in [1.82, 2.24) is 20.1 Å². The van der Waals surface area contributed by atoms with E-state index in [4.69, 9.17) is 0 Å². The highest BCUT2D eigenvalue weighted by Gasteiger charge is 2.13. The lowest BCUT2D eigenvalue weighted by molar-refractivity contribution is -0.119. The van der Waals surface area contributed by atoms with Crippen molar-refractivity contribution in [3.63, 3.8) is 0 Å². The predicted octanol–water partition coefficient (Wildman–Crippen LogP) is -0.391. The van der Waals surface area contributed by atoms with E-state index in [2.05, 4.69) is 20.7 Å². The Bertz CT molecular complexity index is 308. The van der Waals surface area contributed by atoms with Crippen LogP contribution in [-0.4, -0.2) is 34.3 Å². The third-order valence-electron chi connectivity index (χ3n) is 1.90. The smallest absolute Gasteiger partial charge is 0.230 e. The van der Waals surface area contributed by atoms with E-state index in [-0.39, 0.29) is 11.8 Å². The van der Waals surface area contributed by atoms with Gasteiger partial charge in [-0.2, -0.15) is 10.1 Å². The standard InChI is InChI=1S/C8H15N5O/c1-6(4-9-2)7(14)12-8-10-5-11-13(8)3/h5-6,9H,4H2,1-3H3,(H,10,11,12,14). The number of rotatable bonds is 4. The van der Waals surface area contributed by atoms with Gasteiger partial charge in [0.1, 0.15) is 6.33 Å². The Kier molecular flexibility index (Phi) is 3.58. The van der Waals surface area contributed by atoms with Crippen LogP contribution < -0.4 is 10.6 Å². The molecular formula is C8H15N5O. The highest BCUT2D eigenvalue weighted by Crippen LogP contribution is 2.01. The van der Waals surface area contributed by atoms with Gasteiger partial charge in [-0.05, 0) is 7.05 Å². The molecule has 0 aliphatic carbocycles. The summed E-state index contributed by atoms with van der Waals surface area (Å²) in [6.07, 6.45) is 1.40. The van der Waals surface area contributed by atoms with Crippen molar-refractivity contribution in [2.75, 3.05) is 18.9 Å². The third-order valence-corrected chi connectivity index (χ3v) is 1.90. The van der Waals surface area contributed by atoms with Gasteiger partial charge in [-0.1, -0.05) is 6.92 Å². The van der Waals surface area contributed by atoms with Crippen LogP contribution in [0, 0.1) is 5.92 Å². The van der Waals surface area contributed by atoms with Gasteiger partial charge in [0.25, 0.3) is 0 Å². The molecule has 0 aliphatic heterocycles. The Labute approximate surface area is 82.7 Å². The molecule has 0 spiro atoms. The second-order valence-electron chi connectivity index (χ2n) is 3.16. The Hall–Kier alpha value is -1.43. The van der Waals surface area contributed by atoms with E-state index in [0.29, 0.717) is 12.5 Å². The van der Waals surface area contributed by atoms with Crippen molar-refractivity contribution in [2.24, 2.45) is 13.0 Å². The van der Waals surface area contributed by atoms with Crippen molar-refractivity contribution in [2.45, 2.75) is 6.92 Å². The van der Waals surface area contributed by atoms with Crippen molar-refractivity contribution >= 4 is 11.9 Å². The first-order valence-electron chi connectivity index (χ1n) is 4.44. The van der Waals surface area contributed by atoms with E-state index in [9.17, 15) is 4.79 Å². The van der Waals surface area contributed by atoms with Crippen LogP contribution in [-0.2, 0) is 11.8 Å². The van der Waals surface area contributed by atoms with Crippen LogP contribution >= 0.6 is 0 Å². The average molecular weight is 197 g/mol. The van der Waals surface area contributed by atoms with Gasteiger partial charge in [0.05, 0.1) is 0 Å². The first-order chi connectivity index (χ1) is 6.65. The van der Waals surface area contributed by atoms with Crippen molar-refractivity contribution in [3.8, 4) is 0 Å². The molecule has 78 valence electrons. The summed E-state index contributed by atoms with van der Waals surface area (Å²) in [6.45, 7) is 2.49. The summed E-state index contributed by atoms with van der Waals surface area (Å²) in [4.78, 5) is 15.4. The molecule has 0 saturated carbocycles. The maximum atomic E-state index is 11.5. The van der Waals surface area contributed by atoms with Gasteiger partial charge < -0.3 is 5.32 Å². The topological polar surface area (TPSA) is 71.8 Å². The second-order valence-corrected chi connectivity index (χ2v) is 3.16. The number of amides is 1. The Morgan fingerprint density at radius 2 is 2.43 bits per heavy atom. The lowest BCUT2D eigenvalue weighted by Gasteiger charge is -2.10. The van der Waals surface area contributed by atoms with Gasteiger partial charge in [-0.15, -0.1) is 0 Å². The van der Waals surface area contributed by atoms with Gasteiger partial charge in [-0.3, -0.25) is 10.1 Å². The van der Waals surface area contributed by atoms with Gasteiger partial charge in [0.15, 0.2) is 0 Å². The van der Waals surface area contributed by atoms with E-state index in [1.54, 1.807) is 7.05 Å². The first kappa shape index (κ1) is 10.6. The fourth-order valence-corrected chi connectivity index (χ4v) is 1.04. The molecular weight excluding hydrogens is 182 g/mol. The molecule has 0 bridgehead atoms. The van der Waals surface area contributed by atoms with Gasteiger partial charge in [0.2, 0.25) is 11.9 Å². The number of hydrogen-bond donors (Lipinski definition) is 2. The minimum Gasteiger partial charge on any atom is -0.319 e. The fraction of sp³-hybridized carbons (Fsp3) is 0.625. The fourth-order valence-electron chi connectivity index (χ4n) is 1.04. The van der Waals surface area contributed by atoms with E-state index >= 15 is 0 Å². The molecule has 1 aromatic rings. The molecule has 0 aliphatic rings. The first-order valence-corrected chi connectivity index (χ1v) is 4.44. The molecule has 6 nitrogen and oxygen atoms in total. The molecule has 6 heteroatoms. The number of hydrogen-bond acceptors (Lipinski definition) is 4. The molecule has 1 unspecified atom stereocenters. The molecule has 1 amide bonds. The van der Waals surface area contributed by atoms with Crippen LogP contribution in [0.1, 0.15) is 6.92 Å². The van der Waals surface area contributed by atoms with Gasteiger partial charge in [-0.25, -0.2) is 4.68 Å². The minimum absolute atomic E-state index is 0.0598. The van der Waals surface area contributed by atoms with Crippen molar-refractivity contribution < 1.29 is 4.79 Å². The molecule has 0 aromatic carbocycles. The van der Waals surface area contributed by atoms with E-state index < -0.39 is 0 Å². The lowest BCUT2D eigenvalue weighted by Crippen LogP contribution is -2.29. The van der Waals surface area contributed by atoms with E-state index in [0.717, 1.165) is 0 Å². The van der Waals surface area contributed by atoms with E-state index in [1.807, 2.05) is 14.0 Å². The number of aromatic nitrogens is 3. The number of anilines is 1. The summed E-state index contributed by atoms with van der Waals surface area (Å²) in [5.74, 6) is 0.324. The molecule has 2 N–H and O–H groups in total. The summed E-state index contributed by atoms with van der Waals surface area (Å²) < 4.78 is 1.52. The summed E-state index contributed by atoms with van der Waals surface area (Å²) in [6, 6.07) is 0. The van der Waals surface area contributed by atoms with Crippen LogP contribution in [0.5, 0.6) is 0 Å². The number of carbonyl (C=O) groups is 1. The zero-order chi connectivity index (χ0) is 10.6. The zero-order valence-electron chi connectivity index (χ0n) is 8.61. The molecule has 0 fully saturated rings. The molecule has 1 atom stereocenters. The second kappa shape index (κ2) is 4.71. The highest BCUT2D eigenvalue weighted by molar-refractivity contribution is 5.90. The number of aryl methyl sites for hydroxylation is 1.